The van der Waals surface area contributed by atoms with Gasteiger partial charge in [0.05, 0.1) is 10.4 Å². The Morgan fingerprint density at radius 2 is 1.93 bits per heavy atom. The summed E-state index contributed by atoms with van der Waals surface area (Å²) in [5, 5.41) is 31.8. The van der Waals surface area contributed by atoms with Gasteiger partial charge in [-0.1, -0.05) is 17.7 Å². The number of aliphatic hydroxyl groups is 3. The molecule has 1 unspecified atom stereocenters. The average Bonchev–Trinajstić information content (AvgIpc) is 3.16. The van der Waals surface area contributed by atoms with Crippen LogP contribution < -0.4 is 5.73 Å². The maximum Gasteiger partial charge on any atom is 0.164 e. The van der Waals surface area contributed by atoms with Crippen LogP contribution in [0.25, 0.3) is 11.0 Å². The van der Waals surface area contributed by atoms with Crippen molar-refractivity contribution >= 4 is 28.5 Å². The predicted molar refractivity (Wildman–Crippen MR) is 98.8 cm³/mol. The number of anilines is 1. The highest BCUT2D eigenvalue weighted by molar-refractivity contribution is 6.30. The molecular weight excluding hydrogens is 410 g/mol. The zero-order valence-corrected chi connectivity index (χ0v) is 15.8. The van der Waals surface area contributed by atoms with E-state index in [1.807, 2.05) is 0 Å². The van der Waals surface area contributed by atoms with E-state index < -0.39 is 41.8 Å². The van der Waals surface area contributed by atoms with Crippen LogP contribution in [-0.4, -0.2) is 48.2 Å². The molecule has 11 heteroatoms. The summed E-state index contributed by atoms with van der Waals surface area (Å²) in [7, 11) is 0. The minimum atomic E-state index is -1.91. The van der Waals surface area contributed by atoms with E-state index in [2.05, 4.69) is 9.97 Å². The fraction of sp³-hybridized carbons (Fsp3) is 0.333. The lowest BCUT2D eigenvalue weighted by molar-refractivity contribution is -0.136. The molecule has 1 aliphatic heterocycles. The molecular formula is C18H17ClF2N4O4. The molecule has 1 fully saturated rings. The molecule has 3 aromatic rings. The van der Waals surface area contributed by atoms with Crippen molar-refractivity contribution in [3.8, 4) is 0 Å². The summed E-state index contributed by atoms with van der Waals surface area (Å²) in [5.41, 5.74) is 3.90. The molecule has 5 N–H and O–H groups in total. The molecule has 29 heavy (non-hydrogen) atoms. The van der Waals surface area contributed by atoms with Crippen LogP contribution in [0.4, 0.5) is 14.6 Å². The van der Waals surface area contributed by atoms with E-state index in [0.29, 0.717) is 0 Å². The van der Waals surface area contributed by atoms with E-state index in [9.17, 15) is 24.1 Å². The molecule has 4 rings (SSSR count). The molecule has 1 saturated heterocycles. The maximum absolute atomic E-state index is 14.3. The number of fused-ring (bicyclic) bond motifs is 1. The van der Waals surface area contributed by atoms with Gasteiger partial charge in [-0.05, 0) is 24.6 Å². The van der Waals surface area contributed by atoms with E-state index >= 15 is 0 Å². The van der Waals surface area contributed by atoms with Gasteiger partial charge in [0.15, 0.2) is 17.7 Å². The van der Waals surface area contributed by atoms with Gasteiger partial charge in [0.25, 0.3) is 0 Å². The van der Waals surface area contributed by atoms with Gasteiger partial charge in [-0.3, -0.25) is 0 Å². The van der Waals surface area contributed by atoms with Gasteiger partial charge < -0.3 is 30.4 Å². The third kappa shape index (κ3) is 3.04. The number of rotatable bonds is 3. The minimum Gasteiger partial charge on any atom is -0.387 e. The van der Waals surface area contributed by atoms with Crippen molar-refractivity contribution in [1.82, 2.24) is 14.5 Å². The van der Waals surface area contributed by atoms with E-state index in [4.69, 9.17) is 22.1 Å². The number of nitrogen functional groups attached to an aromatic ring is 1. The molecule has 0 saturated carbocycles. The van der Waals surface area contributed by atoms with Crippen LogP contribution in [0.1, 0.15) is 18.7 Å². The first-order chi connectivity index (χ1) is 13.6. The van der Waals surface area contributed by atoms with Crippen LogP contribution in [0.15, 0.2) is 30.7 Å². The normalized spacial score (nSPS) is 26.7. The Kier molecular flexibility index (Phi) is 4.71. The first-order valence-corrected chi connectivity index (χ1v) is 8.96. The number of halogens is 3. The van der Waals surface area contributed by atoms with Gasteiger partial charge >= 0.3 is 0 Å². The number of nitrogens with two attached hydrogens (primary N) is 1. The van der Waals surface area contributed by atoms with Gasteiger partial charge in [0.1, 0.15) is 41.9 Å². The zero-order chi connectivity index (χ0) is 21.1. The number of nitrogens with zero attached hydrogens (tertiary/aromatic N) is 3. The molecule has 1 aromatic carbocycles. The van der Waals surface area contributed by atoms with Crippen molar-refractivity contribution in [2.75, 3.05) is 5.73 Å². The number of aromatic nitrogens is 3. The van der Waals surface area contributed by atoms with Gasteiger partial charge in [-0.2, -0.15) is 0 Å². The number of ether oxygens (including phenoxy) is 1. The lowest BCUT2D eigenvalue weighted by atomic mass is 9.86. The van der Waals surface area contributed by atoms with E-state index in [1.54, 1.807) is 0 Å². The average molecular weight is 427 g/mol. The second-order valence-electron chi connectivity index (χ2n) is 7.05. The van der Waals surface area contributed by atoms with Crippen LogP contribution in [-0.2, 0) is 10.3 Å². The van der Waals surface area contributed by atoms with Crippen molar-refractivity contribution in [2.45, 2.75) is 37.1 Å². The molecule has 3 heterocycles. The van der Waals surface area contributed by atoms with Crippen molar-refractivity contribution in [3.63, 3.8) is 0 Å². The number of aliphatic hydroxyl groups excluding tert-OH is 2. The monoisotopic (exact) mass is 426 g/mol. The number of benzene rings is 1. The molecule has 0 radical (unpaired) electrons. The molecule has 0 spiro atoms. The lowest BCUT2D eigenvalue weighted by Crippen LogP contribution is -2.45. The highest BCUT2D eigenvalue weighted by Crippen LogP contribution is 2.41. The van der Waals surface area contributed by atoms with E-state index in [0.717, 1.165) is 23.2 Å². The summed E-state index contributed by atoms with van der Waals surface area (Å²) in [4.78, 5) is 7.69. The molecule has 8 nitrogen and oxygen atoms in total. The number of hydrogen-bond acceptors (Lipinski definition) is 7. The number of hydrogen-bond donors (Lipinski definition) is 4. The summed E-state index contributed by atoms with van der Waals surface area (Å²) >= 11 is 5.68. The Hall–Kier alpha value is -2.37. The Balaban J connectivity index is 1.73. The van der Waals surface area contributed by atoms with Gasteiger partial charge in [0.2, 0.25) is 0 Å². The summed E-state index contributed by atoms with van der Waals surface area (Å²) < 4.78 is 35.1. The predicted octanol–water partition coefficient (Wildman–Crippen LogP) is 1.47. The van der Waals surface area contributed by atoms with Gasteiger partial charge in [-0.15, -0.1) is 0 Å². The topological polar surface area (TPSA) is 127 Å². The Bertz CT molecular complexity index is 1090. The third-order valence-electron chi connectivity index (χ3n) is 5.16. The van der Waals surface area contributed by atoms with Gasteiger partial charge in [-0.25, -0.2) is 18.7 Å². The molecule has 0 bridgehead atoms. The Morgan fingerprint density at radius 1 is 1.21 bits per heavy atom. The van der Waals surface area contributed by atoms with Gasteiger partial charge in [0, 0.05) is 6.20 Å². The molecule has 0 amide bonds. The fourth-order valence-corrected chi connectivity index (χ4v) is 3.70. The van der Waals surface area contributed by atoms with Crippen LogP contribution in [0.3, 0.4) is 0 Å². The largest absolute Gasteiger partial charge is 0.387 e. The Labute approximate surface area is 168 Å². The summed E-state index contributed by atoms with van der Waals surface area (Å²) in [6, 6.07) is 3.64. The Morgan fingerprint density at radius 3 is 2.62 bits per heavy atom. The fourth-order valence-electron chi connectivity index (χ4n) is 3.59. The zero-order valence-electron chi connectivity index (χ0n) is 15.0. The first-order valence-electron chi connectivity index (χ1n) is 8.59. The minimum absolute atomic E-state index is 0.0454. The van der Waals surface area contributed by atoms with E-state index in [1.165, 1.54) is 19.1 Å². The highest BCUT2D eigenvalue weighted by atomic mass is 35.5. The third-order valence-corrected chi connectivity index (χ3v) is 5.47. The van der Waals surface area contributed by atoms with Crippen LogP contribution in [0.5, 0.6) is 0 Å². The lowest BCUT2D eigenvalue weighted by Gasteiger charge is -2.32. The van der Waals surface area contributed by atoms with Crippen molar-refractivity contribution in [2.24, 2.45) is 0 Å². The van der Waals surface area contributed by atoms with E-state index in [-0.39, 0.29) is 27.4 Å². The quantitative estimate of drug-likeness (QED) is 0.499. The maximum atomic E-state index is 14.3. The summed E-state index contributed by atoms with van der Waals surface area (Å²) in [6.45, 7) is 1.30. The second kappa shape index (κ2) is 6.85. The first kappa shape index (κ1) is 19.9. The van der Waals surface area contributed by atoms with Crippen molar-refractivity contribution < 1.29 is 28.8 Å². The van der Waals surface area contributed by atoms with Crippen LogP contribution in [0, 0.1) is 11.6 Å². The van der Waals surface area contributed by atoms with Crippen molar-refractivity contribution in [1.29, 1.82) is 0 Å². The SMILES string of the molecule is CC(O)(c1ccc(Cl)c(F)c1)[C@H]1O[C@@H](n2cc(F)c3c(N)ncnc32)[C@H](O)[C@@H]1O. The molecule has 0 aliphatic carbocycles. The van der Waals surface area contributed by atoms with Crippen LogP contribution >= 0.6 is 11.6 Å². The molecule has 2 aromatic heterocycles. The summed E-state index contributed by atoms with van der Waals surface area (Å²) in [6.07, 6.45) is -3.66. The standard InChI is InChI=1S/C18H17ClF2N4O4/c1-18(28,7-2-3-8(19)9(20)4-7)14-12(26)13(27)17(29-14)25-5-10(21)11-15(22)23-6-24-16(11)25/h2-6,12-14,17,26-28H,1H3,(H2,22,23,24)/t12-,13+,14-,17+,18?/m0/s1. The molecule has 5 atom stereocenters. The smallest absolute Gasteiger partial charge is 0.164 e. The highest BCUT2D eigenvalue weighted by Gasteiger charge is 2.52. The molecule has 154 valence electrons. The summed E-state index contributed by atoms with van der Waals surface area (Å²) in [5.74, 6) is -1.60. The van der Waals surface area contributed by atoms with Crippen LogP contribution in [0.2, 0.25) is 5.02 Å². The second-order valence-corrected chi connectivity index (χ2v) is 7.45. The van der Waals surface area contributed by atoms with Crippen molar-refractivity contribution in [3.05, 3.63) is 52.9 Å². The molecule has 1 aliphatic rings.